The number of methoxy groups -OCH3 is 1. The van der Waals surface area contributed by atoms with Gasteiger partial charge in [-0.15, -0.1) is 0 Å². The van der Waals surface area contributed by atoms with Gasteiger partial charge in [0.2, 0.25) is 11.6 Å². The third-order valence-corrected chi connectivity index (χ3v) is 1.95. The van der Waals surface area contributed by atoms with Crippen LogP contribution in [0, 0.1) is 31.9 Å². The van der Waals surface area contributed by atoms with Crippen LogP contribution in [0.1, 0.15) is 10.4 Å². The fourth-order valence-corrected chi connectivity index (χ4v) is 1.16. The van der Waals surface area contributed by atoms with E-state index in [0.29, 0.717) is 0 Å². The van der Waals surface area contributed by atoms with Gasteiger partial charge >= 0.3 is 17.3 Å². The van der Waals surface area contributed by atoms with Crippen molar-refractivity contribution in [1.82, 2.24) is 0 Å². The predicted molar refractivity (Wildman–Crippen MR) is 51.0 cm³/mol. The molecule has 0 heterocycles. The quantitative estimate of drug-likeness (QED) is 0.464. The van der Waals surface area contributed by atoms with E-state index in [2.05, 4.69) is 4.74 Å². The highest BCUT2D eigenvalue weighted by Gasteiger charge is 2.34. The van der Waals surface area contributed by atoms with Gasteiger partial charge in [0.1, 0.15) is 11.6 Å². The van der Waals surface area contributed by atoms with Crippen molar-refractivity contribution >= 4 is 17.3 Å². The summed E-state index contributed by atoms with van der Waals surface area (Å²) >= 11 is 0. The number of esters is 1. The number of hydrogen-bond donors (Lipinski definition) is 0. The summed E-state index contributed by atoms with van der Waals surface area (Å²) in [5, 5.41) is 20.9. The molecule has 8 nitrogen and oxygen atoms in total. The number of carbonyl (C=O) groups excluding carboxylic acids is 1. The summed E-state index contributed by atoms with van der Waals surface area (Å²) in [6, 6.07) is 0.0944. The number of nitrogens with zero attached hydrogens (tertiary/aromatic N) is 2. The van der Waals surface area contributed by atoms with Gasteiger partial charge in [-0.3, -0.25) is 20.2 Å². The van der Waals surface area contributed by atoms with E-state index in [1.165, 1.54) is 0 Å². The molecule has 0 saturated heterocycles. The number of rotatable bonds is 3. The summed E-state index contributed by atoms with van der Waals surface area (Å²) in [4.78, 5) is 29.3. The maximum atomic E-state index is 13.5. The second-order valence-corrected chi connectivity index (χ2v) is 2.92. The molecule has 1 aromatic rings. The van der Waals surface area contributed by atoms with E-state index in [-0.39, 0.29) is 6.07 Å². The second-order valence-electron chi connectivity index (χ2n) is 2.92. The SMILES string of the molecule is COC(=O)c1c(F)c([N+](=O)[O-])cc([N+](=O)[O-])c1F. The molecule has 1 rings (SSSR count). The first kappa shape index (κ1) is 13.4. The lowest BCUT2D eigenvalue weighted by Gasteiger charge is -2.03. The van der Waals surface area contributed by atoms with E-state index in [1.54, 1.807) is 0 Å². The monoisotopic (exact) mass is 262 g/mol. The van der Waals surface area contributed by atoms with Gasteiger partial charge in [0.15, 0.2) is 0 Å². The molecular weight excluding hydrogens is 258 g/mol. The van der Waals surface area contributed by atoms with Crippen molar-refractivity contribution in [2.24, 2.45) is 0 Å². The Labute approximate surface area is 97.1 Å². The number of ether oxygens (including phenoxy) is 1. The smallest absolute Gasteiger partial charge is 0.344 e. The first-order chi connectivity index (χ1) is 8.31. The van der Waals surface area contributed by atoms with Crippen LogP contribution in [0.4, 0.5) is 20.2 Å². The van der Waals surface area contributed by atoms with E-state index in [4.69, 9.17) is 0 Å². The van der Waals surface area contributed by atoms with Gasteiger partial charge in [0.05, 0.1) is 17.0 Å². The van der Waals surface area contributed by atoms with E-state index in [1.807, 2.05) is 0 Å². The van der Waals surface area contributed by atoms with Crippen molar-refractivity contribution in [3.8, 4) is 0 Å². The van der Waals surface area contributed by atoms with Gasteiger partial charge in [-0.25, -0.2) is 4.79 Å². The van der Waals surface area contributed by atoms with Crippen LogP contribution in [-0.2, 0) is 4.74 Å². The molecule has 0 aromatic heterocycles. The minimum Gasteiger partial charge on any atom is -0.465 e. The Bertz CT molecular complexity index is 521. The molecule has 0 amide bonds. The average molecular weight is 262 g/mol. The molecule has 96 valence electrons. The fraction of sp³-hybridized carbons (Fsp3) is 0.125. The number of hydrogen-bond acceptors (Lipinski definition) is 6. The number of carbonyl (C=O) groups is 1. The first-order valence-corrected chi connectivity index (χ1v) is 4.20. The lowest BCUT2D eigenvalue weighted by molar-refractivity contribution is -0.397. The van der Waals surface area contributed by atoms with Crippen LogP contribution in [0.3, 0.4) is 0 Å². The van der Waals surface area contributed by atoms with Gasteiger partial charge < -0.3 is 4.74 Å². The number of halogens is 2. The third-order valence-electron chi connectivity index (χ3n) is 1.95. The molecule has 0 unspecified atom stereocenters. The summed E-state index contributed by atoms with van der Waals surface area (Å²) in [5.74, 6) is -5.23. The Morgan fingerprint density at radius 2 is 1.56 bits per heavy atom. The molecule has 18 heavy (non-hydrogen) atoms. The summed E-state index contributed by atoms with van der Waals surface area (Å²) in [6.07, 6.45) is 0. The maximum Gasteiger partial charge on any atom is 0.344 e. The minimum absolute atomic E-state index is 0.0944. The van der Waals surface area contributed by atoms with Crippen LogP contribution in [0.2, 0.25) is 0 Å². The zero-order valence-electron chi connectivity index (χ0n) is 8.68. The highest BCUT2D eigenvalue weighted by atomic mass is 19.1. The first-order valence-electron chi connectivity index (χ1n) is 4.20. The molecule has 0 aliphatic heterocycles. The van der Waals surface area contributed by atoms with Crippen molar-refractivity contribution in [1.29, 1.82) is 0 Å². The number of nitro groups is 2. The van der Waals surface area contributed by atoms with Crippen LogP contribution in [0.15, 0.2) is 6.07 Å². The van der Waals surface area contributed by atoms with Crippen molar-refractivity contribution in [2.45, 2.75) is 0 Å². The topological polar surface area (TPSA) is 113 Å². The van der Waals surface area contributed by atoms with E-state index in [9.17, 15) is 33.8 Å². The largest absolute Gasteiger partial charge is 0.465 e. The molecule has 0 bridgehead atoms. The average Bonchev–Trinajstić information content (AvgIpc) is 2.27. The van der Waals surface area contributed by atoms with Gasteiger partial charge in [-0.2, -0.15) is 8.78 Å². The van der Waals surface area contributed by atoms with Crippen molar-refractivity contribution < 1.29 is 28.2 Å². The van der Waals surface area contributed by atoms with Crippen LogP contribution in [-0.4, -0.2) is 22.9 Å². The second kappa shape index (κ2) is 4.69. The molecule has 0 saturated carbocycles. The molecule has 1 aromatic carbocycles. The molecular formula is C8H4F2N2O6. The molecule has 0 aliphatic rings. The number of benzene rings is 1. The molecule has 0 radical (unpaired) electrons. The minimum atomic E-state index is -1.82. The van der Waals surface area contributed by atoms with Crippen LogP contribution < -0.4 is 0 Å². The van der Waals surface area contributed by atoms with Crippen molar-refractivity contribution in [2.75, 3.05) is 7.11 Å². The van der Waals surface area contributed by atoms with Gasteiger partial charge in [-0.05, 0) is 0 Å². The van der Waals surface area contributed by atoms with Crippen LogP contribution in [0.5, 0.6) is 0 Å². The van der Waals surface area contributed by atoms with Crippen LogP contribution >= 0.6 is 0 Å². The Morgan fingerprint density at radius 3 is 1.83 bits per heavy atom. The summed E-state index contributed by atoms with van der Waals surface area (Å²) in [7, 11) is 0.770. The molecule has 0 aliphatic carbocycles. The highest BCUT2D eigenvalue weighted by Crippen LogP contribution is 2.31. The summed E-state index contributed by atoms with van der Waals surface area (Å²) in [5.41, 5.74) is -4.24. The molecule has 0 atom stereocenters. The lowest BCUT2D eigenvalue weighted by Crippen LogP contribution is -2.12. The van der Waals surface area contributed by atoms with E-state index < -0.39 is 44.4 Å². The van der Waals surface area contributed by atoms with Gasteiger partial charge in [0, 0.05) is 0 Å². The molecule has 0 N–H and O–H groups in total. The Hall–Kier alpha value is -2.65. The molecule has 0 fully saturated rings. The predicted octanol–water partition coefficient (Wildman–Crippen LogP) is 1.57. The summed E-state index contributed by atoms with van der Waals surface area (Å²) in [6.45, 7) is 0. The third kappa shape index (κ3) is 2.07. The van der Waals surface area contributed by atoms with Crippen molar-refractivity contribution in [3.05, 3.63) is 43.5 Å². The van der Waals surface area contributed by atoms with Crippen LogP contribution in [0.25, 0.3) is 0 Å². The number of nitro benzene ring substituents is 2. The Kier molecular flexibility index (Phi) is 3.50. The maximum absolute atomic E-state index is 13.5. The zero-order valence-corrected chi connectivity index (χ0v) is 8.68. The zero-order chi connectivity index (χ0) is 14.0. The fourth-order valence-electron chi connectivity index (χ4n) is 1.16. The van der Waals surface area contributed by atoms with E-state index >= 15 is 0 Å². The molecule has 0 spiro atoms. The highest BCUT2D eigenvalue weighted by molar-refractivity contribution is 5.91. The summed E-state index contributed by atoms with van der Waals surface area (Å²) < 4.78 is 30.9. The van der Waals surface area contributed by atoms with E-state index in [0.717, 1.165) is 7.11 Å². The standard InChI is InChI=1S/C8H4F2N2O6/c1-18-8(13)5-6(9)3(11(14)15)2-4(7(5)10)12(16)17/h2H,1H3. The van der Waals surface area contributed by atoms with Gasteiger partial charge in [-0.1, -0.05) is 0 Å². The molecule has 10 heteroatoms. The van der Waals surface area contributed by atoms with Crippen molar-refractivity contribution in [3.63, 3.8) is 0 Å². The lowest BCUT2D eigenvalue weighted by atomic mass is 10.1. The Morgan fingerprint density at radius 1 is 1.17 bits per heavy atom. The Balaban J connectivity index is 3.73. The normalized spacial score (nSPS) is 9.94. The van der Waals surface area contributed by atoms with Gasteiger partial charge in [0.25, 0.3) is 0 Å².